The first-order chi connectivity index (χ1) is 20.0. The van der Waals surface area contributed by atoms with Crippen molar-refractivity contribution in [1.29, 1.82) is 0 Å². The molecule has 0 aromatic carbocycles. The summed E-state index contributed by atoms with van der Waals surface area (Å²) in [5.41, 5.74) is 2.16. The predicted octanol–water partition coefficient (Wildman–Crippen LogP) is 9.33. The minimum atomic E-state index is -0.785. The van der Waals surface area contributed by atoms with Crippen LogP contribution >= 0.6 is 21.6 Å². The topological polar surface area (TPSA) is 83.8 Å². The van der Waals surface area contributed by atoms with Crippen LogP contribution in [-0.2, 0) is 14.3 Å². The highest BCUT2D eigenvalue weighted by atomic mass is 33.1. The highest BCUT2D eigenvalue weighted by Gasteiger charge is 2.65. The molecule has 0 radical (unpaired) electrons. The smallest absolute Gasteiger partial charge is 0.307 e. The van der Waals surface area contributed by atoms with Gasteiger partial charge in [0.25, 0.3) is 0 Å². The number of aliphatic hydroxyl groups is 1. The molecule has 0 saturated heterocycles. The Morgan fingerprint density at radius 2 is 1.70 bits per heavy atom. The molecule has 0 aliphatic heterocycles. The van der Waals surface area contributed by atoms with Crippen molar-refractivity contribution in [2.24, 2.45) is 45.3 Å². The second kappa shape index (κ2) is 13.2. The van der Waals surface area contributed by atoms with Crippen molar-refractivity contribution in [3.8, 4) is 0 Å². The summed E-state index contributed by atoms with van der Waals surface area (Å²) in [4.78, 5) is 23.1. The molecule has 0 bridgehead atoms. The van der Waals surface area contributed by atoms with Crippen LogP contribution in [0.1, 0.15) is 132 Å². The number of esters is 1. The Labute approximate surface area is 269 Å². The van der Waals surface area contributed by atoms with Gasteiger partial charge in [0.05, 0.1) is 18.9 Å². The quantitative estimate of drug-likeness (QED) is 0.0902. The van der Waals surface area contributed by atoms with Crippen molar-refractivity contribution >= 4 is 33.5 Å². The number of allylic oxidation sites excluding steroid dienone is 2. The molecule has 4 aliphatic carbocycles. The van der Waals surface area contributed by atoms with Crippen molar-refractivity contribution in [2.45, 2.75) is 144 Å². The molecule has 0 spiro atoms. The van der Waals surface area contributed by atoms with Gasteiger partial charge in [0.2, 0.25) is 0 Å². The van der Waals surface area contributed by atoms with E-state index in [4.69, 9.17) is 9.84 Å². The largest absolute Gasteiger partial charge is 0.481 e. The molecule has 0 amide bonds. The number of fused-ring (bicyclic) bond motifs is 5. The Bertz CT molecular complexity index is 1050. The molecular formula is C36H60O5S2. The van der Waals surface area contributed by atoms with E-state index in [1.807, 2.05) is 13.8 Å². The Balaban J connectivity index is 1.31. The Morgan fingerprint density at radius 3 is 2.37 bits per heavy atom. The highest BCUT2D eigenvalue weighted by Crippen LogP contribution is 2.73. The van der Waals surface area contributed by atoms with E-state index >= 15 is 0 Å². The minimum absolute atomic E-state index is 0.0210. The molecule has 2 unspecified atom stereocenters. The van der Waals surface area contributed by atoms with Crippen LogP contribution in [0.4, 0.5) is 0 Å². The lowest BCUT2D eigenvalue weighted by atomic mass is 9.41. The van der Waals surface area contributed by atoms with E-state index in [0.717, 1.165) is 38.0 Å². The third-order valence-corrected chi connectivity index (χ3v) is 15.7. The summed E-state index contributed by atoms with van der Waals surface area (Å²) in [7, 11) is 3.05. The molecule has 4 aliphatic rings. The van der Waals surface area contributed by atoms with Crippen LogP contribution < -0.4 is 0 Å². The van der Waals surface area contributed by atoms with Crippen LogP contribution in [0.15, 0.2) is 11.6 Å². The van der Waals surface area contributed by atoms with Crippen LogP contribution in [0.3, 0.4) is 0 Å². The predicted molar refractivity (Wildman–Crippen MR) is 180 cm³/mol. The fourth-order valence-electron chi connectivity index (χ4n) is 10.5. The summed E-state index contributed by atoms with van der Waals surface area (Å²) in [5, 5.41) is 19.6. The van der Waals surface area contributed by atoms with Crippen LogP contribution in [0.25, 0.3) is 0 Å². The van der Waals surface area contributed by atoms with Crippen molar-refractivity contribution in [2.75, 3.05) is 11.5 Å². The van der Waals surface area contributed by atoms with E-state index < -0.39 is 11.6 Å². The van der Waals surface area contributed by atoms with Gasteiger partial charge in [0.15, 0.2) is 0 Å². The second-order valence-electron chi connectivity index (χ2n) is 16.5. The second-order valence-corrected chi connectivity index (χ2v) is 19.2. The summed E-state index contributed by atoms with van der Waals surface area (Å²) in [6.07, 6.45) is 14.5. The van der Waals surface area contributed by atoms with Crippen LogP contribution in [-0.4, -0.2) is 45.4 Å². The van der Waals surface area contributed by atoms with Crippen LogP contribution in [0.2, 0.25) is 0 Å². The molecule has 5 nitrogen and oxygen atoms in total. The van der Waals surface area contributed by atoms with Crippen molar-refractivity contribution in [3.05, 3.63) is 11.6 Å². The lowest BCUT2D eigenvalue weighted by Crippen LogP contribution is -2.58. The van der Waals surface area contributed by atoms with E-state index in [0.29, 0.717) is 46.5 Å². The maximum absolute atomic E-state index is 12.5. The van der Waals surface area contributed by atoms with Gasteiger partial charge in [0, 0.05) is 11.5 Å². The van der Waals surface area contributed by atoms with Gasteiger partial charge in [-0.25, -0.2) is 0 Å². The highest BCUT2D eigenvalue weighted by molar-refractivity contribution is 8.76. The molecular weight excluding hydrogens is 577 g/mol. The first-order valence-electron chi connectivity index (χ1n) is 17.0. The van der Waals surface area contributed by atoms with Gasteiger partial charge in [-0.1, -0.05) is 81.2 Å². The number of aliphatic hydroxyl groups excluding tert-OH is 1. The number of aliphatic carboxylic acids is 1. The molecule has 2 N–H and O–H groups in total. The molecule has 43 heavy (non-hydrogen) atoms. The van der Waals surface area contributed by atoms with E-state index in [2.05, 4.69) is 47.6 Å². The SMILES string of the molecule is C[C@H](CCCC(C)(C)OC(=O)CCSSCCC(=O)O)[C@H]1CC[C@@]2(C)C3=CC[C@H]4C(C)(C)C(O)CC[C@]4(C)C3CC[C@]12C. The number of ether oxygens (including phenoxy) is 1. The molecule has 0 heterocycles. The Kier molecular flexibility index (Phi) is 10.8. The van der Waals surface area contributed by atoms with Crippen molar-refractivity contribution in [3.63, 3.8) is 0 Å². The molecule has 7 heteroatoms. The summed E-state index contributed by atoms with van der Waals surface area (Å²) in [6.45, 7) is 19.0. The normalized spacial score (nSPS) is 37.5. The molecule has 4 rings (SSSR count). The minimum Gasteiger partial charge on any atom is -0.481 e. The van der Waals surface area contributed by atoms with Gasteiger partial charge in [-0.2, -0.15) is 0 Å². The van der Waals surface area contributed by atoms with Gasteiger partial charge in [-0.05, 0) is 117 Å². The van der Waals surface area contributed by atoms with E-state index in [-0.39, 0.29) is 29.3 Å². The average Bonchev–Trinajstić information content (AvgIpc) is 3.19. The van der Waals surface area contributed by atoms with E-state index in [9.17, 15) is 14.7 Å². The number of carbonyl (C=O) groups excluding carboxylic acids is 1. The maximum atomic E-state index is 12.5. The number of carboxylic acid groups (broad SMARTS) is 1. The Morgan fingerprint density at radius 1 is 1.02 bits per heavy atom. The van der Waals surface area contributed by atoms with E-state index in [1.54, 1.807) is 16.4 Å². The monoisotopic (exact) mass is 636 g/mol. The van der Waals surface area contributed by atoms with Crippen LogP contribution in [0.5, 0.6) is 0 Å². The van der Waals surface area contributed by atoms with Crippen LogP contribution in [0, 0.1) is 45.3 Å². The lowest BCUT2D eigenvalue weighted by molar-refractivity contribution is -0.156. The molecule has 8 atom stereocenters. The average molecular weight is 637 g/mol. The van der Waals surface area contributed by atoms with Gasteiger partial charge in [-0.15, -0.1) is 0 Å². The number of hydrogen-bond acceptors (Lipinski definition) is 6. The summed E-state index contributed by atoms with van der Waals surface area (Å²) in [6, 6.07) is 0. The fourth-order valence-corrected chi connectivity index (χ4v) is 12.4. The van der Waals surface area contributed by atoms with Gasteiger partial charge < -0.3 is 14.9 Å². The van der Waals surface area contributed by atoms with Gasteiger partial charge in [-0.3, -0.25) is 9.59 Å². The zero-order valence-electron chi connectivity index (χ0n) is 28.3. The number of carboxylic acids is 1. The van der Waals surface area contributed by atoms with Crippen molar-refractivity contribution in [1.82, 2.24) is 0 Å². The number of carbonyl (C=O) groups is 2. The third kappa shape index (κ3) is 6.89. The summed E-state index contributed by atoms with van der Waals surface area (Å²) in [5.74, 6) is 2.83. The maximum Gasteiger partial charge on any atom is 0.307 e. The zero-order chi connectivity index (χ0) is 31.8. The number of rotatable bonds is 13. The first kappa shape index (κ1) is 35.2. The molecule has 246 valence electrons. The first-order valence-corrected chi connectivity index (χ1v) is 19.5. The van der Waals surface area contributed by atoms with Gasteiger partial charge >= 0.3 is 11.9 Å². The lowest BCUT2D eigenvalue weighted by Gasteiger charge is -2.64. The Hall–Kier alpha value is -0.660. The van der Waals surface area contributed by atoms with Crippen molar-refractivity contribution < 1.29 is 24.5 Å². The standard InChI is InChI=1S/C36H60O5S2/c1-24(10-9-18-32(2,3)41-31(40)17-23-43-42-22-16-30(38)39)25-13-20-36(8)27-11-12-28-33(4,5)29(37)15-19-34(28,6)26(27)14-21-35(25,36)7/h11,24-26,28-29,37H,9-10,12-23H2,1-8H3,(H,38,39)/t24-,25-,26?,28+,29?,34-,35-,36+/m1/s1. The molecule has 0 aromatic heterocycles. The molecule has 0 aromatic rings. The fraction of sp³-hybridized carbons (Fsp3) is 0.889. The molecule has 3 fully saturated rings. The summed E-state index contributed by atoms with van der Waals surface area (Å²) >= 11 is 0. The van der Waals surface area contributed by atoms with E-state index in [1.165, 1.54) is 42.9 Å². The third-order valence-electron chi connectivity index (χ3n) is 13.3. The summed E-state index contributed by atoms with van der Waals surface area (Å²) < 4.78 is 5.87. The number of hydrogen-bond donors (Lipinski definition) is 2. The molecule has 3 saturated carbocycles. The zero-order valence-corrected chi connectivity index (χ0v) is 29.9. The van der Waals surface area contributed by atoms with Gasteiger partial charge in [0.1, 0.15) is 5.60 Å².